The quantitative estimate of drug-likeness (QED) is 0.510. The second-order valence-electron chi connectivity index (χ2n) is 6.20. The van der Waals surface area contributed by atoms with E-state index in [1.807, 2.05) is 66.7 Å². The Balaban J connectivity index is 1.63. The third-order valence-corrected chi connectivity index (χ3v) is 5.56. The molecule has 0 atom stereocenters. The van der Waals surface area contributed by atoms with Crippen LogP contribution >= 0.6 is 11.3 Å². The van der Waals surface area contributed by atoms with Crippen molar-refractivity contribution >= 4 is 49.8 Å². The Hall–Kier alpha value is -3.18. The molecule has 4 nitrogen and oxygen atoms in total. The van der Waals surface area contributed by atoms with E-state index < -0.39 is 5.97 Å². The van der Waals surface area contributed by atoms with E-state index in [4.69, 9.17) is 4.74 Å². The van der Waals surface area contributed by atoms with Gasteiger partial charge in [-0.15, -0.1) is 11.3 Å². The van der Waals surface area contributed by atoms with Crippen LogP contribution in [0.5, 0.6) is 0 Å². The maximum Gasteiger partial charge on any atom is 0.350 e. The van der Waals surface area contributed by atoms with Crippen molar-refractivity contribution in [1.29, 1.82) is 0 Å². The van der Waals surface area contributed by atoms with E-state index in [2.05, 4.69) is 5.32 Å². The molecule has 0 spiro atoms. The van der Waals surface area contributed by atoms with Gasteiger partial charge in [0.1, 0.15) is 4.88 Å². The second-order valence-corrected chi connectivity index (χ2v) is 7.25. The predicted molar refractivity (Wildman–Crippen MR) is 109 cm³/mol. The summed E-state index contributed by atoms with van der Waals surface area (Å²) in [4.78, 5) is 25.2. The summed E-state index contributed by atoms with van der Waals surface area (Å²) in [7, 11) is 1.34. The first kappa shape index (κ1) is 17.2. The smallest absolute Gasteiger partial charge is 0.350 e. The van der Waals surface area contributed by atoms with Crippen molar-refractivity contribution in [3.05, 3.63) is 77.2 Å². The number of methoxy groups -OCH3 is 1. The Kier molecular flexibility index (Phi) is 4.60. The Morgan fingerprint density at radius 3 is 2.52 bits per heavy atom. The number of nitrogens with one attached hydrogen (secondary N) is 1. The lowest BCUT2D eigenvalue weighted by Gasteiger charge is -2.08. The van der Waals surface area contributed by atoms with Crippen LogP contribution in [0.15, 0.2) is 66.7 Å². The van der Waals surface area contributed by atoms with Crippen LogP contribution in [0.4, 0.5) is 5.69 Å². The third-order valence-electron chi connectivity index (χ3n) is 4.41. The number of hydrogen-bond acceptors (Lipinski definition) is 4. The number of amides is 1. The average Bonchev–Trinajstić information content (AvgIpc) is 3.05. The summed E-state index contributed by atoms with van der Waals surface area (Å²) in [6, 6.07) is 21.6. The first-order valence-corrected chi connectivity index (χ1v) is 9.35. The number of fused-ring (bicyclic) bond motifs is 2. The monoisotopic (exact) mass is 375 g/mol. The number of carbonyl (C=O) groups excluding carboxylic acids is 2. The topological polar surface area (TPSA) is 55.4 Å². The molecule has 0 aliphatic rings. The molecule has 1 amide bonds. The van der Waals surface area contributed by atoms with E-state index in [-0.39, 0.29) is 12.3 Å². The van der Waals surface area contributed by atoms with Crippen LogP contribution in [0.2, 0.25) is 0 Å². The number of ether oxygens (including phenoxy) is 1. The summed E-state index contributed by atoms with van der Waals surface area (Å²) in [5.41, 5.74) is 1.44. The minimum atomic E-state index is -0.447. The third kappa shape index (κ3) is 3.41. The number of rotatable bonds is 4. The van der Waals surface area contributed by atoms with Crippen LogP contribution in [0.25, 0.3) is 20.9 Å². The molecule has 27 heavy (non-hydrogen) atoms. The van der Waals surface area contributed by atoms with Gasteiger partial charge in [-0.2, -0.15) is 0 Å². The lowest BCUT2D eigenvalue weighted by Crippen LogP contribution is -2.16. The van der Waals surface area contributed by atoms with Crippen molar-refractivity contribution in [1.82, 2.24) is 0 Å². The molecular weight excluding hydrogens is 358 g/mol. The maximum atomic E-state index is 12.7. The zero-order chi connectivity index (χ0) is 18.8. The molecule has 4 aromatic rings. The number of thiophene rings is 1. The normalized spacial score (nSPS) is 10.9. The first-order valence-electron chi connectivity index (χ1n) is 8.53. The minimum absolute atomic E-state index is 0.168. The summed E-state index contributed by atoms with van der Waals surface area (Å²) in [6.45, 7) is 0. The minimum Gasteiger partial charge on any atom is -0.465 e. The molecule has 0 saturated heterocycles. The molecule has 0 fully saturated rings. The highest BCUT2D eigenvalue weighted by molar-refractivity contribution is 7.21. The molecule has 3 aromatic carbocycles. The van der Waals surface area contributed by atoms with Gasteiger partial charge < -0.3 is 10.1 Å². The van der Waals surface area contributed by atoms with Gasteiger partial charge in [-0.25, -0.2) is 4.79 Å². The van der Waals surface area contributed by atoms with Crippen molar-refractivity contribution in [3.63, 3.8) is 0 Å². The van der Waals surface area contributed by atoms with E-state index in [1.165, 1.54) is 18.4 Å². The Bertz CT molecular complexity index is 1160. The number of anilines is 1. The molecule has 5 heteroatoms. The molecular formula is C22H17NO3S. The summed E-state index contributed by atoms with van der Waals surface area (Å²) < 4.78 is 5.80. The number of hydrogen-bond donors (Lipinski definition) is 1. The molecule has 0 saturated carbocycles. The van der Waals surface area contributed by atoms with Gasteiger partial charge in [0.15, 0.2) is 0 Å². The van der Waals surface area contributed by atoms with Crippen LogP contribution in [-0.2, 0) is 16.0 Å². The summed E-state index contributed by atoms with van der Waals surface area (Å²) in [6.07, 6.45) is 0.232. The second kappa shape index (κ2) is 7.21. The van der Waals surface area contributed by atoms with Gasteiger partial charge in [0, 0.05) is 10.1 Å². The molecule has 1 heterocycles. The van der Waals surface area contributed by atoms with Crippen molar-refractivity contribution in [2.75, 3.05) is 12.4 Å². The maximum absolute atomic E-state index is 12.7. The first-order chi connectivity index (χ1) is 13.2. The van der Waals surface area contributed by atoms with Gasteiger partial charge in [0.25, 0.3) is 0 Å². The number of benzene rings is 3. The predicted octanol–water partition coefficient (Wildman–Crippen LogP) is 5.02. The number of esters is 1. The van der Waals surface area contributed by atoms with Crippen LogP contribution in [0.3, 0.4) is 0 Å². The molecule has 0 unspecified atom stereocenters. The Labute approximate surface area is 160 Å². The molecule has 1 N–H and O–H groups in total. The summed E-state index contributed by atoms with van der Waals surface area (Å²) in [5, 5.41) is 5.99. The van der Waals surface area contributed by atoms with E-state index >= 15 is 0 Å². The highest BCUT2D eigenvalue weighted by Gasteiger charge is 2.20. The molecule has 0 radical (unpaired) electrons. The molecule has 0 aliphatic heterocycles. The van der Waals surface area contributed by atoms with E-state index in [0.29, 0.717) is 10.6 Å². The Morgan fingerprint density at radius 2 is 1.70 bits per heavy atom. The SMILES string of the molecule is COC(=O)c1sc2ccccc2c1NC(=O)Cc1ccc2ccccc2c1. The van der Waals surface area contributed by atoms with Crippen LogP contribution < -0.4 is 5.32 Å². The average molecular weight is 375 g/mol. The van der Waals surface area contributed by atoms with Gasteiger partial charge in [-0.1, -0.05) is 60.7 Å². The Morgan fingerprint density at radius 1 is 0.963 bits per heavy atom. The fourth-order valence-corrected chi connectivity index (χ4v) is 4.20. The largest absolute Gasteiger partial charge is 0.465 e. The van der Waals surface area contributed by atoms with Crippen LogP contribution in [0.1, 0.15) is 15.2 Å². The molecule has 0 bridgehead atoms. The molecule has 1 aromatic heterocycles. The van der Waals surface area contributed by atoms with E-state index in [1.54, 1.807) is 0 Å². The number of carbonyl (C=O) groups is 2. The molecule has 134 valence electrons. The van der Waals surface area contributed by atoms with Gasteiger partial charge in [0.05, 0.1) is 19.2 Å². The summed E-state index contributed by atoms with van der Waals surface area (Å²) >= 11 is 1.32. The standard InChI is InChI=1S/C22H17NO3S/c1-26-22(25)21-20(17-8-4-5-9-18(17)27-21)23-19(24)13-14-10-11-15-6-2-3-7-16(15)12-14/h2-12H,13H2,1H3,(H,23,24). The fourth-order valence-electron chi connectivity index (χ4n) is 3.12. The van der Waals surface area contributed by atoms with Gasteiger partial charge in [-0.3, -0.25) is 4.79 Å². The lowest BCUT2D eigenvalue weighted by atomic mass is 10.0. The van der Waals surface area contributed by atoms with E-state index in [0.717, 1.165) is 26.4 Å². The molecule has 4 rings (SSSR count). The zero-order valence-corrected chi connectivity index (χ0v) is 15.5. The zero-order valence-electron chi connectivity index (χ0n) is 14.7. The van der Waals surface area contributed by atoms with Crippen LogP contribution in [0, 0.1) is 0 Å². The highest BCUT2D eigenvalue weighted by atomic mass is 32.1. The van der Waals surface area contributed by atoms with E-state index in [9.17, 15) is 9.59 Å². The van der Waals surface area contributed by atoms with Gasteiger partial charge >= 0.3 is 5.97 Å². The van der Waals surface area contributed by atoms with Crippen molar-refractivity contribution < 1.29 is 14.3 Å². The van der Waals surface area contributed by atoms with Crippen molar-refractivity contribution in [3.8, 4) is 0 Å². The van der Waals surface area contributed by atoms with Crippen molar-refractivity contribution in [2.45, 2.75) is 6.42 Å². The fraction of sp³-hybridized carbons (Fsp3) is 0.0909. The van der Waals surface area contributed by atoms with Crippen molar-refractivity contribution in [2.24, 2.45) is 0 Å². The van der Waals surface area contributed by atoms with Crippen LogP contribution in [-0.4, -0.2) is 19.0 Å². The van der Waals surface area contributed by atoms with Gasteiger partial charge in [-0.05, 0) is 22.4 Å². The molecule has 0 aliphatic carbocycles. The lowest BCUT2D eigenvalue weighted by molar-refractivity contribution is -0.115. The highest BCUT2D eigenvalue weighted by Crippen LogP contribution is 2.36. The van der Waals surface area contributed by atoms with Gasteiger partial charge in [0.2, 0.25) is 5.91 Å². The summed E-state index contributed by atoms with van der Waals surface area (Å²) in [5.74, 6) is -0.615.